The predicted octanol–water partition coefficient (Wildman–Crippen LogP) is 1.73. The second kappa shape index (κ2) is 4.25. The van der Waals surface area contributed by atoms with Crippen LogP contribution in [-0.2, 0) is 0 Å². The van der Waals surface area contributed by atoms with Crippen molar-refractivity contribution in [1.82, 2.24) is 15.1 Å². The summed E-state index contributed by atoms with van der Waals surface area (Å²) in [5, 5.41) is 4.03. The van der Waals surface area contributed by atoms with E-state index < -0.39 is 0 Å². The summed E-state index contributed by atoms with van der Waals surface area (Å²) in [5.74, 6) is 1.49. The fourth-order valence-corrected chi connectivity index (χ4v) is 2.30. The first-order valence-electron chi connectivity index (χ1n) is 5.84. The Morgan fingerprint density at radius 3 is 3.00 bits per heavy atom. The summed E-state index contributed by atoms with van der Waals surface area (Å²) < 4.78 is 5.25. The predicted molar refractivity (Wildman–Crippen MR) is 62.1 cm³/mol. The maximum Gasteiger partial charge on any atom is 0.259 e. The van der Waals surface area contributed by atoms with Crippen LogP contribution in [0.15, 0.2) is 29.0 Å². The minimum Gasteiger partial charge on any atom is -0.334 e. The third-order valence-electron chi connectivity index (χ3n) is 3.25. The van der Waals surface area contributed by atoms with Crippen LogP contribution in [0.4, 0.5) is 0 Å². The van der Waals surface area contributed by atoms with Crippen molar-refractivity contribution in [3.8, 4) is 11.5 Å². The highest BCUT2D eigenvalue weighted by Crippen LogP contribution is 2.32. The summed E-state index contributed by atoms with van der Waals surface area (Å²) in [6, 6.07) is 3.91. The van der Waals surface area contributed by atoms with Gasteiger partial charge in [-0.25, -0.2) is 0 Å². The third kappa shape index (κ3) is 1.93. The van der Waals surface area contributed by atoms with E-state index in [0.717, 1.165) is 30.7 Å². The lowest BCUT2D eigenvalue weighted by atomic mass is 10.0. The second-order valence-corrected chi connectivity index (χ2v) is 4.40. The van der Waals surface area contributed by atoms with Crippen molar-refractivity contribution >= 4 is 0 Å². The van der Waals surface area contributed by atoms with Gasteiger partial charge < -0.3 is 10.3 Å². The van der Waals surface area contributed by atoms with E-state index in [4.69, 9.17) is 10.3 Å². The van der Waals surface area contributed by atoms with Gasteiger partial charge in [-0.1, -0.05) is 11.6 Å². The maximum absolute atomic E-state index is 6.02. The van der Waals surface area contributed by atoms with Crippen LogP contribution in [0.2, 0.25) is 0 Å². The Kier molecular flexibility index (Phi) is 2.60. The van der Waals surface area contributed by atoms with Gasteiger partial charge in [0.2, 0.25) is 0 Å². The first kappa shape index (κ1) is 10.4. The Morgan fingerprint density at radius 1 is 1.35 bits per heavy atom. The molecule has 5 nitrogen and oxygen atoms in total. The van der Waals surface area contributed by atoms with Crippen LogP contribution in [0.3, 0.4) is 0 Å². The number of nitrogens with zero attached hydrogens (tertiary/aromatic N) is 3. The molecule has 0 unspecified atom stereocenters. The molecule has 1 aliphatic carbocycles. The Morgan fingerprint density at radius 2 is 2.29 bits per heavy atom. The van der Waals surface area contributed by atoms with Crippen molar-refractivity contribution < 1.29 is 4.52 Å². The number of hydrogen-bond donors (Lipinski definition) is 1. The SMILES string of the molecule is N[C@@H]1CCC[C@H]1c1noc(-c2cccnc2)n1. The molecule has 88 valence electrons. The third-order valence-corrected chi connectivity index (χ3v) is 3.25. The van der Waals surface area contributed by atoms with E-state index in [9.17, 15) is 0 Å². The molecule has 0 spiro atoms. The Hall–Kier alpha value is -1.75. The van der Waals surface area contributed by atoms with Gasteiger partial charge in [-0.2, -0.15) is 4.98 Å². The zero-order chi connectivity index (χ0) is 11.7. The molecule has 2 heterocycles. The van der Waals surface area contributed by atoms with E-state index in [0.29, 0.717) is 5.89 Å². The molecule has 0 saturated heterocycles. The maximum atomic E-state index is 6.02. The van der Waals surface area contributed by atoms with Gasteiger partial charge in [-0.3, -0.25) is 4.98 Å². The zero-order valence-corrected chi connectivity index (χ0v) is 9.41. The molecule has 0 bridgehead atoms. The summed E-state index contributed by atoms with van der Waals surface area (Å²) in [6.07, 6.45) is 6.66. The molecule has 2 aromatic rings. The Bertz CT molecular complexity index is 496. The van der Waals surface area contributed by atoms with Crippen LogP contribution < -0.4 is 5.73 Å². The topological polar surface area (TPSA) is 77.8 Å². The number of pyridine rings is 1. The molecule has 2 N–H and O–H groups in total. The molecule has 0 amide bonds. The fraction of sp³-hybridized carbons (Fsp3) is 0.417. The number of hydrogen-bond acceptors (Lipinski definition) is 5. The lowest BCUT2D eigenvalue weighted by molar-refractivity contribution is 0.412. The van der Waals surface area contributed by atoms with E-state index in [1.54, 1.807) is 12.4 Å². The van der Waals surface area contributed by atoms with Gasteiger partial charge in [0, 0.05) is 24.4 Å². The molecule has 0 radical (unpaired) electrons. The van der Waals surface area contributed by atoms with Crippen LogP contribution in [0, 0.1) is 0 Å². The van der Waals surface area contributed by atoms with E-state index in [1.807, 2.05) is 12.1 Å². The highest BCUT2D eigenvalue weighted by atomic mass is 16.5. The molecular weight excluding hydrogens is 216 g/mol. The standard InChI is InChI=1S/C12H14N4O/c13-10-5-1-4-9(10)11-15-12(17-16-11)8-3-2-6-14-7-8/h2-3,6-7,9-10H,1,4-5,13H2/t9-,10-/m1/s1. The van der Waals surface area contributed by atoms with Crippen molar-refractivity contribution in [1.29, 1.82) is 0 Å². The Labute approximate surface area is 99.1 Å². The summed E-state index contributed by atoms with van der Waals surface area (Å²) in [7, 11) is 0. The van der Waals surface area contributed by atoms with Crippen molar-refractivity contribution in [2.45, 2.75) is 31.2 Å². The number of aromatic nitrogens is 3. The molecule has 5 heteroatoms. The van der Waals surface area contributed by atoms with Crippen LogP contribution in [0.25, 0.3) is 11.5 Å². The van der Waals surface area contributed by atoms with Crippen molar-refractivity contribution in [2.24, 2.45) is 5.73 Å². The minimum atomic E-state index is 0.161. The summed E-state index contributed by atoms with van der Waals surface area (Å²) in [6.45, 7) is 0. The molecule has 1 saturated carbocycles. The molecule has 2 atom stereocenters. The summed E-state index contributed by atoms with van der Waals surface area (Å²) >= 11 is 0. The largest absolute Gasteiger partial charge is 0.334 e. The van der Waals surface area contributed by atoms with Crippen molar-refractivity contribution in [3.63, 3.8) is 0 Å². The fourth-order valence-electron chi connectivity index (χ4n) is 2.30. The van der Waals surface area contributed by atoms with E-state index in [1.165, 1.54) is 0 Å². The van der Waals surface area contributed by atoms with Crippen LogP contribution in [0.5, 0.6) is 0 Å². The zero-order valence-electron chi connectivity index (χ0n) is 9.41. The average Bonchev–Trinajstić information content (AvgIpc) is 2.98. The minimum absolute atomic E-state index is 0.161. The highest BCUT2D eigenvalue weighted by molar-refractivity contribution is 5.50. The number of rotatable bonds is 2. The van der Waals surface area contributed by atoms with Gasteiger partial charge in [-0.05, 0) is 25.0 Å². The summed E-state index contributed by atoms with van der Waals surface area (Å²) in [5.41, 5.74) is 6.87. The molecule has 3 rings (SSSR count). The normalized spacial score (nSPS) is 24.1. The highest BCUT2D eigenvalue weighted by Gasteiger charge is 2.29. The summed E-state index contributed by atoms with van der Waals surface area (Å²) in [4.78, 5) is 8.45. The van der Waals surface area contributed by atoms with E-state index >= 15 is 0 Å². The molecular formula is C12H14N4O. The van der Waals surface area contributed by atoms with Crippen LogP contribution in [-0.4, -0.2) is 21.2 Å². The molecule has 17 heavy (non-hydrogen) atoms. The Balaban J connectivity index is 1.88. The second-order valence-electron chi connectivity index (χ2n) is 4.40. The monoisotopic (exact) mass is 230 g/mol. The smallest absolute Gasteiger partial charge is 0.259 e. The lowest BCUT2D eigenvalue weighted by Crippen LogP contribution is -2.23. The van der Waals surface area contributed by atoms with E-state index in [-0.39, 0.29) is 12.0 Å². The molecule has 1 aliphatic rings. The number of nitrogens with two attached hydrogens (primary N) is 1. The van der Waals surface area contributed by atoms with Crippen LogP contribution in [0.1, 0.15) is 31.0 Å². The lowest BCUT2D eigenvalue weighted by Gasteiger charge is -2.09. The first-order valence-corrected chi connectivity index (χ1v) is 5.84. The van der Waals surface area contributed by atoms with Gasteiger partial charge in [0.15, 0.2) is 5.82 Å². The molecule has 2 aromatic heterocycles. The quantitative estimate of drug-likeness (QED) is 0.850. The van der Waals surface area contributed by atoms with Crippen molar-refractivity contribution in [2.75, 3.05) is 0 Å². The first-order chi connectivity index (χ1) is 8.34. The van der Waals surface area contributed by atoms with Gasteiger partial charge in [0.1, 0.15) is 0 Å². The molecule has 1 fully saturated rings. The molecule has 0 aromatic carbocycles. The average molecular weight is 230 g/mol. The van der Waals surface area contributed by atoms with Gasteiger partial charge >= 0.3 is 0 Å². The van der Waals surface area contributed by atoms with E-state index in [2.05, 4.69) is 15.1 Å². The van der Waals surface area contributed by atoms with Crippen molar-refractivity contribution in [3.05, 3.63) is 30.4 Å². The van der Waals surface area contributed by atoms with Gasteiger partial charge in [-0.15, -0.1) is 0 Å². The van der Waals surface area contributed by atoms with Gasteiger partial charge in [0.25, 0.3) is 5.89 Å². The molecule has 0 aliphatic heterocycles. The van der Waals surface area contributed by atoms with Gasteiger partial charge in [0.05, 0.1) is 5.56 Å². The van der Waals surface area contributed by atoms with Crippen LogP contribution >= 0.6 is 0 Å².